The van der Waals surface area contributed by atoms with Crippen molar-refractivity contribution in [2.45, 2.75) is 108 Å². The zero-order valence-corrected chi connectivity index (χ0v) is 44.1. The summed E-state index contributed by atoms with van der Waals surface area (Å²) in [5.41, 5.74) is 3.26. The number of halogens is 2. The molecule has 21 heteroatoms. The number of alkyl halides is 2. The lowest BCUT2D eigenvalue weighted by atomic mass is 9.34. The van der Waals surface area contributed by atoms with Crippen molar-refractivity contribution in [1.29, 1.82) is 0 Å². The van der Waals surface area contributed by atoms with E-state index in [0.29, 0.717) is 74.2 Å². The Hall–Kier alpha value is -5.13. The van der Waals surface area contributed by atoms with Gasteiger partial charge in [-0.25, -0.2) is 4.57 Å². The fraction of sp³-hybridized carbons (Fsp3) is 0.510. The first kappa shape index (κ1) is 51.8. The first-order chi connectivity index (χ1) is 34.1. The normalized spacial score (nSPS) is 24.6. The minimum absolute atomic E-state index is 0.0890. The van der Waals surface area contributed by atoms with E-state index in [1.54, 1.807) is 48.9 Å². The van der Waals surface area contributed by atoms with Crippen molar-refractivity contribution < 1.29 is 47.5 Å². The fourth-order valence-electron chi connectivity index (χ4n) is 11.8. The number of nitrogens with one attached hydrogen (secondary N) is 4. The van der Waals surface area contributed by atoms with Crippen molar-refractivity contribution in [1.82, 2.24) is 20.5 Å². The van der Waals surface area contributed by atoms with E-state index in [1.165, 1.54) is 4.90 Å². The van der Waals surface area contributed by atoms with Gasteiger partial charge in [0.05, 0.1) is 33.0 Å². The molecule has 1 saturated heterocycles. The number of unbranched alkanes of at least 4 members (excludes halogenated alkanes) is 2. The molecule has 3 aromatic carbocycles. The Morgan fingerprint density at radius 3 is 2.08 bits per heavy atom. The first-order valence-corrected chi connectivity index (χ1v) is 28.1. The second-order valence-electron chi connectivity index (χ2n) is 20.9. The Morgan fingerprint density at radius 2 is 1.50 bits per heavy atom. The van der Waals surface area contributed by atoms with Gasteiger partial charge in [-0.05, 0) is 80.0 Å². The highest BCUT2D eigenvalue weighted by Gasteiger charge is 2.76. The number of H-pyrrole nitrogens is 1. The van der Waals surface area contributed by atoms with Gasteiger partial charge in [0.25, 0.3) is 0 Å². The van der Waals surface area contributed by atoms with Crippen LogP contribution in [0, 0.1) is 23.7 Å². The maximum atomic E-state index is 14.9. The standard InChI is InChI=1S/C51H60Cl2N7O10PS/c1-26(2)43(57-38(61)13-7-6-10-14-58-39(62)17-37(72)47(58)65)46(64)55-28(4)45(63)56-33-15-34-41(32-12-9-8-11-31(32)33)29(18-52)21-59(34)48(66)50-23-51(24-50,25-50)49(67)60-22-30(19-53)42-35(60)16-36(70-71(5,68)69)44-40(42)27(3)20-54-44/h8-9,11-12,15-16,20,26,28-30,37,43,54,72H,6-7,10,13-14,17-19,21-25H2,1-5H3,(H,55,64)(H,56,63)(H,57,61)(H,68,69). The number of fused-ring (bicyclic) bond motifs is 6. The van der Waals surface area contributed by atoms with E-state index in [0.717, 1.165) is 39.5 Å². The Labute approximate surface area is 432 Å². The number of carbonyl (C=O) groups excluding carboxylic acids is 7. The summed E-state index contributed by atoms with van der Waals surface area (Å²) in [5, 5.41) is 10.3. The smallest absolute Gasteiger partial charge is 0.373 e. The van der Waals surface area contributed by atoms with Crippen molar-refractivity contribution >= 4 is 124 Å². The molecule has 4 fully saturated rings. The number of imide groups is 1. The zero-order valence-electron chi connectivity index (χ0n) is 40.8. The molecule has 3 saturated carbocycles. The third-order valence-corrected chi connectivity index (χ3v) is 16.9. The molecule has 6 aliphatic rings. The first-order valence-electron chi connectivity index (χ1n) is 24.5. The third kappa shape index (κ3) is 9.17. The van der Waals surface area contributed by atoms with Crippen LogP contribution >= 0.6 is 43.4 Å². The van der Waals surface area contributed by atoms with Gasteiger partial charge in [0.15, 0.2) is 5.75 Å². The van der Waals surface area contributed by atoms with E-state index in [9.17, 15) is 43.0 Å². The Morgan fingerprint density at radius 1 is 0.889 bits per heavy atom. The molecule has 3 aliphatic carbocycles. The van der Waals surface area contributed by atoms with Gasteiger partial charge in [0.1, 0.15) is 12.1 Å². The molecule has 2 bridgehead atoms. The van der Waals surface area contributed by atoms with Crippen molar-refractivity contribution in [3.63, 3.8) is 0 Å². The Kier molecular flexibility index (Phi) is 14.1. The van der Waals surface area contributed by atoms with Crippen molar-refractivity contribution in [3.8, 4) is 5.75 Å². The molecule has 1 aromatic heterocycles. The molecular formula is C51H60Cl2N7O10PS. The van der Waals surface area contributed by atoms with Crippen molar-refractivity contribution in [3.05, 3.63) is 59.3 Å². The van der Waals surface area contributed by atoms with Crippen LogP contribution in [-0.2, 0) is 38.1 Å². The average molecular weight is 1070 g/mol. The molecule has 10 rings (SSSR count). The van der Waals surface area contributed by atoms with E-state index in [-0.39, 0.29) is 84.2 Å². The van der Waals surface area contributed by atoms with Gasteiger partial charge >= 0.3 is 7.60 Å². The molecule has 4 aromatic rings. The van der Waals surface area contributed by atoms with Gasteiger partial charge in [0, 0.05) is 91.5 Å². The maximum Gasteiger partial charge on any atom is 0.373 e. The number of aromatic amines is 1. The number of likely N-dealkylation sites (tertiary alicyclic amines) is 1. The lowest BCUT2D eigenvalue weighted by molar-refractivity contribution is -0.205. The second kappa shape index (κ2) is 19.6. The van der Waals surface area contributed by atoms with Gasteiger partial charge in [-0.3, -0.25) is 38.5 Å². The van der Waals surface area contributed by atoms with Crippen molar-refractivity contribution in [2.24, 2.45) is 16.7 Å². The number of benzene rings is 3. The van der Waals surface area contributed by atoms with Crippen molar-refractivity contribution in [2.75, 3.05) is 53.2 Å². The molecule has 72 heavy (non-hydrogen) atoms. The number of thiol groups is 1. The summed E-state index contributed by atoms with van der Waals surface area (Å²) in [6.45, 7) is 9.06. The number of hydrogen-bond acceptors (Lipinski definition) is 10. The SMILES string of the molecule is Cc1c[nH]c2c(OP(C)(=O)O)cc3c(c12)C(CCl)CN3C(=O)C12CC(C(=O)N3CC(CCl)c4c3cc(NC(=O)C(C)NC(=O)C(NC(=O)CCCCCN3C(=O)CC(S)C3=O)C(C)C)c3ccccc43)(C1)C2. The monoisotopic (exact) mass is 1060 g/mol. The van der Waals surface area contributed by atoms with E-state index >= 15 is 0 Å². The highest BCUT2D eigenvalue weighted by Crippen LogP contribution is 2.75. The number of hydrogen-bond donors (Lipinski definition) is 6. The molecule has 5 N–H and O–H groups in total. The van der Waals surface area contributed by atoms with Crippen LogP contribution in [-0.4, -0.2) is 112 Å². The molecule has 4 heterocycles. The number of aryl methyl sites for hydroxylation is 1. The lowest BCUT2D eigenvalue weighted by Gasteiger charge is -2.69. The predicted octanol–water partition coefficient (Wildman–Crippen LogP) is 7.23. The summed E-state index contributed by atoms with van der Waals surface area (Å²) in [6.07, 6.45) is 4.67. The maximum absolute atomic E-state index is 14.9. The van der Waals surface area contributed by atoms with Crippen LogP contribution in [0.4, 0.5) is 17.1 Å². The van der Waals surface area contributed by atoms with Crippen LogP contribution in [0.2, 0.25) is 0 Å². The van der Waals surface area contributed by atoms with Gasteiger partial charge in [0.2, 0.25) is 41.4 Å². The third-order valence-electron chi connectivity index (χ3n) is 15.3. The minimum atomic E-state index is -3.97. The Balaban J connectivity index is 0.865. The molecular weight excluding hydrogens is 1000 g/mol. The highest BCUT2D eigenvalue weighted by molar-refractivity contribution is 7.81. The van der Waals surface area contributed by atoms with Gasteiger partial charge < -0.3 is 40.2 Å². The quantitative estimate of drug-likeness (QED) is 0.0193. The molecule has 6 unspecified atom stereocenters. The number of rotatable bonds is 18. The lowest BCUT2D eigenvalue weighted by Crippen LogP contribution is -2.73. The Bertz CT molecular complexity index is 2980. The van der Waals surface area contributed by atoms with Gasteiger partial charge in [-0.2, -0.15) is 12.6 Å². The molecule has 0 radical (unpaired) electrons. The molecule has 17 nitrogen and oxygen atoms in total. The predicted molar refractivity (Wildman–Crippen MR) is 279 cm³/mol. The fourth-order valence-corrected chi connectivity index (χ4v) is 13.1. The van der Waals surface area contributed by atoms with Crippen LogP contribution in [0.25, 0.3) is 21.7 Å². The average Bonchev–Trinajstić information content (AvgIpc) is 4.05. The molecule has 384 valence electrons. The number of anilines is 3. The molecule has 0 spiro atoms. The second-order valence-corrected chi connectivity index (χ2v) is 23.9. The van der Waals surface area contributed by atoms with Crippen LogP contribution in [0.3, 0.4) is 0 Å². The molecule has 6 atom stereocenters. The minimum Gasteiger partial charge on any atom is -0.422 e. The summed E-state index contributed by atoms with van der Waals surface area (Å²) in [5.74, 6) is -2.25. The summed E-state index contributed by atoms with van der Waals surface area (Å²) in [4.78, 5) is 112. The van der Waals surface area contributed by atoms with Crippen LogP contribution in [0.15, 0.2) is 42.6 Å². The highest BCUT2D eigenvalue weighted by atomic mass is 35.5. The molecule has 3 aliphatic heterocycles. The number of aromatic nitrogens is 1. The number of amides is 7. The van der Waals surface area contributed by atoms with Gasteiger partial charge in [-0.1, -0.05) is 44.5 Å². The van der Waals surface area contributed by atoms with E-state index in [4.69, 9.17) is 27.7 Å². The van der Waals surface area contributed by atoms with Crippen LogP contribution < -0.4 is 30.3 Å². The summed E-state index contributed by atoms with van der Waals surface area (Å²) in [7, 11) is -3.97. The summed E-state index contributed by atoms with van der Waals surface area (Å²) >= 11 is 17.3. The molecule has 7 amide bonds. The number of nitrogens with zero attached hydrogens (tertiary/aromatic N) is 3. The van der Waals surface area contributed by atoms with Gasteiger partial charge in [-0.15, -0.1) is 23.2 Å². The zero-order chi connectivity index (χ0) is 51.8. The van der Waals surface area contributed by atoms with E-state index < -0.39 is 47.6 Å². The van der Waals surface area contributed by atoms with Crippen LogP contribution in [0.1, 0.15) is 101 Å². The number of carbonyl (C=O) groups is 7. The largest absolute Gasteiger partial charge is 0.422 e. The summed E-state index contributed by atoms with van der Waals surface area (Å²) in [6, 6.07) is 9.01. The summed E-state index contributed by atoms with van der Waals surface area (Å²) < 4.78 is 18.0. The van der Waals surface area contributed by atoms with Crippen LogP contribution in [0.5, 0.6) is 5.75 Å². The van der Waals surface area contributed by atoms with E-state index in [1.807, 2.05) is 31.2 Å². The van der Waals surface area contributed by atoms with E-state index in [2.05, 4.69) is 33.6 Å². The topological polar surface area (TPSA) is 228 Å².